The topological polar surface area (TPSA) is 0 Å². The zero-order valence-corrected chi connectivity index (χ0v) is 19.7. The molecular formula is C29H36. The van der Waals surface area contributed by atoms with E-state index in [9.17, 15) is 0 Å². The van der Waals surface area contributed by atoms with Crippen molar-refractivity contribution < 1.29 is 0 Å². The van der Waals surface area contributed by atoms with Crippen LogP contribution >= 0.6 is 0 Å². The van der Waals surface area contributed by atoms with Gasteiger partial charge in [-0.05, 0) is 88.0 Å². The van der Waals surface area contributed by atoms with Crippen molar-refractivity contribution in [1.29, 1.82) is 0 Å². The number of hydrogen-bond donors (Lipinski definition) is 0. The van der Waals surface area contributed by atoms with E-state index < -0.39 is 0 Å². The van der Waals surface area contributed by atoms with E-state index in [2.05, 4.69) is 105 Å². The highest BCUT2D eigenvalue weighted by atomic mass is 14.5. The molecule has 0 aliphatic heterocycles. The van der Waals surface area contributed by atoms with Gasteiger partial charge in [0.05, 0.1) is 0 Å². The van der Waals surface area contributed by atoms with Crippen molar-refractivity contribution in [1.82, 2.24) is 0 Å². The van der Waals surface area contributed by atoms with Crippen LogP contribution in [0.1, 0.15) is 74.3 Å². The molecule has 3 aliphatic rings. The van der Waals surface area contributed by atoms with Crippen LogP contribution in [0.15, 0.2) is 64.3 Å². The third-order valence-corrected chi connectivity index (χ3v) is 7.56. The van der Waals surface area contributed by atoms with Gasteiger partial charge in [-0.3, -0.25) is 0 Å². The Hall–Kier alpha value is -2.08. The molecule has 1 unspecified atom stereocenters. The van der Waals surface area contributed by atoms with Gasteiger partial charge in [-0.2, -0.15) is 0 Å². The summed E-state index contributed by atoms with van der Waals surface area (Å²) < 4.78 is 0. The Kier molecular flexibility index (Phi) is 4.32. The Morgan fingerprint density at radius 3 is 2.14 bits per heavy atom. The van der Waals surface area contributed by atoms with E-state index in [1.807, 2.05) is 0 Å². The lowest BCUT2D eigenvalue weighted by atomic mass is 9.58. The molecule has 1 aromatic rings. The minimum absolute atomic E-state index is 0.0413. The predicted molar refractivity (Wildman–Crippen MR) is 127 cm³/mol. The fraction of sp³-hybridized carbons (Fsp3) is 0.448. The first kappa shape index (κ1) is 20.2. The average molecular weight is 385 g/mol. The molecule has 29 heavy (non-hydrogen) atoms. The summed E-state index contributed by atoms with van der Waals surface area (Å²) >= 11 is 0. The maximum Gasteiger partial charge on any atom is 0.0341 e. The van der Waals surface area contributed by atoms with E-state index in [0.717, 1.165) is 6.42 Å². The van der Waals surface area contributed by atoms with Crippen LogP contribution in [0.25, 0.3) is 11.6 Å². The van der Waals surface area contributed by atoms with Gasteiger partial charge in [0.1, 0.15) is 0 Å². The van der Waals surface area contributed by atoms with Crippen LogP contribution in [-0.2, 0) is 5.41 Å². The predicted octanol–water partition coefficient (Wildman–Crippen LogP) is 6.51. The Labute approximate surface area is 177 Å². The molecular weight excluding hydrogens is 348 g/mol. The lowest BCUT2D eigenvalue weighted by molar-refractivity contribution is 0.242. The number of hydrogen-bond acceptors (Lipinski definition) is 0. The van der Waals surface area contributed by atoms with E-state index in [4.69, 9.17) is 0 Å². The highest BCUT2D eigenvalue weighted by molar-refractivity contribution is 5.89. The molecule has 1 aromatic carbocycles. The summed E-state index contributed by atoms with van der Waals surface area (Å²) in [6, 6.07) is 7.03. The summed E-state index contributed by atoms with van der Waals surface area (Å²) in [5, 5.41) is 2.75. The summed E-state index contributed by atoms with van der Waals surface area (Å²) in [7, 11) is 0. The van der Waals surface area contributed by atoms with Crippen molar-refractivity contribution >= 4 is 11.6 Å². The maximum absolute atomic E-state index is 2.57. The zero-order valence-electron chi connectivity index (χ0n) is 19.7. The summed E-state index contributed by atoms with van der Waals surface area (Å²) in [6.45, 7) is 21.0. The van der Waals surface area contributed by atoms with Gasteiger partial charge in [0, 0.05) is 5.41 Å². The van der Waals surface area contributed by atoms with Gasteiger partial charge in [0.15, 0.2) is 0 Å². The minimum atomic E-state index is -0.0413. The van der Waals surface area contributed by atoms with Gasteiger partial charge in [-0.1, -0.05) is 83.5 Å². The van der Waals surface area contributed by atoms with Crippen molar-refractivity contribution in [2.24, 2.45) is 10.8 Å². The third-order valence-electron chi connectivity index (χ3n) is 7.56. The molecule has 0 amide bonds. The number of allylic oxidation sites excluding steroid dienone is 8. The SMILES string of the molecule is CC1=C(C)C(C)=C(C2(C(C)(C)C)C=CC3=c4ccc(C(C)(C)C)cc4=CC3=C2)C1. The molecule has 0 saturated carbocycles. The highest BCUT2D eigenvalue weighted by Gasteiger charge is 2.45. The van der Waals surface area contributed by atoms with Crippen molar-refractivity contribution in [3.63, 3.8) is 0 Å². The van der Waals surface area contributed by atoms with Crippen LogP contribution in [0.2, 0.25) is 0 Å². The van der Waals surface area contributed by atoms with Crippen LogP contribution in [0.5, 0.6) is 0 Å². The molecule has 0 heterocycles. The molecule has 1 atom stereocenters. The molecule has 0 spiro atoms. The summed E-state index contributed by atoms with van der Waals surface area (Å²) in [5.74, 6) is 0. The smallest absolute Gasteiger partial charge is 0.0341 e. The molecule has 4 rings (SSSR count). The van der Waals surface area contributed by atoms with Crippen molar-refractivity contribution in [2.45, 2.75) is 74.1 Å². The Balaban J connectivity index is 1.92. The molecule has 0 aromatic heterocycles. The van der Waals surface area contributed by atoms with Crippen LogP contribution in [0.4, 0.5) is 0 Å². The molecule has 0 heteroatoms. The molecule has 0 saturated heterocycles. The molecule has 0 radical (unpaired) electrons. The number of rotatable bonds is 1. The maximum atomic E-state index is 2.57. The first-order valence-electron chi connectivity index (χ1n) is 11.0. The standard InChI is InChI=1S/C29H36/c1-18-14-26(20(3)19(18)2)29(28(7,8)9)13-12-25-22(17-29)15-21-16-23(27(4,5)6)10-11-24(21)25/h10-13,15-17H,14H2,1-9H3. The first-order chi connectivity index (χ1) is 13.3. The van der Waals surface area contributed by atoms with Crippen LogP contribution in [0.3, 0.4) is 0 Å². The second kappa shape index (κ2) is 6.21. The van der Waals surface area contributed by atoms with Gasteiger partial charge < -0.3 is 0 Å². The second-order valence-electron chi connectivity index (χ2n) is 11.3. The van der Waals surface area contributed by atoms with E-state index in [-0.39, 0.29) is 16.2 Å². The van der Waals surface area contributed by atoms with E-state index in [0.29, 0.717) is 0 Å². The van der Waals surface area contributed by atoms with Crippen LogP contribution in [0, 0.1) is 10.8 Å². The van der Waals surface area contributed by atoms with E-state index in [1.165, 1.54) is 43.9 Å². The Morgan fingerprint density at radius 1 is 0.897 bits per heavy atom. The van der Waals surface area contributed by atoms with Crippen molar-refractivity contribution in [3.8, 4) is 0 Å². The fourth-order valence-corrected chi connectivity index (χ4v) is 5.25. The number of benzene rings is 1. The largest absolute Gasteiger partial charge is 0.0693 e. The molecule has 152 valence electrons. The first-order valence-corrected chi connectivity index (χ1v) is 11.0. The molecule has 0 fully saturated rings. The quantitative estimate of drug-likeness (QED) is 0.517. The van der Waals surface area contributed by atoms with Crippen LogP contribution in [-0.4, -0.2) is 0 Å². The monoisotopic (exact) mass is 384 g/mol. The molecule has 3 aliphatic carbocycles. The average Bonchev–Trinajstić information content (AvgIpc) is 3.11. The zero-order chi connectivity index (χ0) is 21.4. The van der Waals surface area contributed by atoms with Crippen molar-refractivity contribution in [3.05, 3.63) is 80.3 Å². The van der Waals surface area contributed by atoms with Crippen LogP contribution < -0.4 is 10.4 Å². The Bertz CT molecular complexity index is 1140. The molecule has 0 N–H and O–H groups in total. The fourth-order valence-electron chi connectivity index (χ4n) is 5.25. The lowest BCUT2D eigenvalue weighted by Gasteiger charge is -2.45. The highest BCUT2D eigenvalue weighted by Crippen LogP contribution is 2.56. The van der Waals surface area contributed by atoms with Gasteiger partial charge in [0.2, 0.25) is 0 Å². The molecule has 0 nitrogen and oxygen atoms in total. The molecule has 0 bridgehead atoms. The normalized spacial score (nSPS) is 24.0. The Morgan fingerprint density at radius 2 is 1.59 bits per heavy atom. The summed E-state index contributed by atoms with van der Waals surface area (Å²) in [4.78, 5) is 0. The minimum Gasteiger partial charge on any atom is -0.0693 e. The summed E-state index contributed by atoms with van der Waals surface area (Å²) in [5.41, 5.74) is 10.5. The van der Waals surface area contributed by atoms with Gasteiger partial charge >= 0.3 is 0 Å². The summed E-state index contributed by atoms with van der Waals surface area (Å²) in [6.07, 6.45) is 11.0. The third kappa shape index (κ3) is 2.95. The van der Waals surface area contributed by atoms with Crippen molar-refractivity contribution in [2.75, 3.05) is 0 Å². The number of fused-ring (bicyclic) bond motifs is 2. The van der Waals surface area contributed by atoms with Gasteiger partial charge in [-0.25, -0.2) is 0 Å². The van der Waals surface area contributed by atoms with Gasteiger partial charge in [0.25, 0.3) is 0 Å². The van der Waals surface area contributed by atoms with Gasteiger partial charge in [-0.15, -0.1) is 0 Å². The lowest BCUT2D eigenvalue weighted by Crippen LogP contribution is -2.36. The second-order valence-corrected chi connectivity index (χ2v) is 11.3. The van der Waals surface area contributed by atoms with E-state index >= 15 is 0 Å². The van der Waals surface area contributed by atoms with E-state index in [1.54, 1.807) is 5.57 Å².